The molecule has 4 heterocycles. The van der Waals surface area contributed by atoms with Crippen molar-refractivity contribution in [2.45, 2.75) is 72.5 Å². The quantitative estimate of drug-likeness (QED) is 0.329. The molecule has 6 rings (SSSR count). The fourth-order valence-electron chi connectivity index (χ4n) is 6.74. The lowest BCUT2D eigenvalue weighted by Gasteiger charge is -2.45. The van der Waals surface area contributed by atoms with Gasteiger partial charge in [-0.3, -0.25) is 9.69 Å². The highest BCUT2D eigenvalue weighted by Crippen LogP contribution is 2.37. The minimum atomic E-state index is -0.284. The van der Waals surface area contributed by atoms with Gasteiger partial charge in [-0.2, -0.15) is 0 Å². The number of hydrogen-bond acceptors (Lipinski definition) is 6. The smallest absolute Gasteiger partial charge is 0.231 e. The van der Waals surface area contributed by atoms with Crippen molar-refractivity contribution >= 4 is 28.3 Å². The van der Waals surface area contributed by atoms with Crippen molar-refractivity contribution in [3.63, 3.8) is 0 Å². The topological polar surface area (TPSA) is 94.4 Å². The average molecular weight is 566 g/mol. The van der Waals surface area contributed by atoms with Gasteiger partial charge < -0.3 is 20.5 Å². The van der Waals surface area contributed by atoms with Gasteiger partial charge in [-0.05, 0) is 62.4 Å². The molecule has 0 unspecified atom stereocenters. The third-order valence-electron chi connectivity index (χ3n) is 9.17. The van der Waals surface area contributed by atoms with Gasteiger partial charge in [0.15, 0.2) is 5.82 Å². The Morgan fingerprint density at radius 1 is 1.07 bits per heavy atom. The molecule has 2 atom stereocenters. The molecule has 2 aromatic heterocycles. The van der Waals surface area contributed by atoms with Crippen molar-refractivity contribution in [3.8, 4) is 11.4 Å². The Kier molecular flexibility index (Phi) is 7.43. The van der Waals surface area contributed by atoms with E-state index < -0.39 is 0 Å². The fraction of sp³-hybridized carbons (Fsp3) is 0.441. The number of nitrogens with zero attached hydrogens (tertiary/aromatic N) is 5. The van der Waals surface area contributed by atoms with E-state index in [0.717, 1.165) is 61.0 Å². The van der Waals surface area contributed by atoms with E-state index in [1.807, 2.05) is 0 Å². The molecule has 0 saturated carbocycles. The molecule has 4 aromatic rings. The number of piperazine rings is 1. The summed E-state index contributed by atoms with van der Waals surface area (Å²) in [5.74, 6) is 1.99. The van der Waals surface area contributed by atoms with E-state index in [9.17, 15) is 4.79 Å². The van der Waals surface area contributed by atoms with E-state index in [0.29, 0.717) is 5.92 Å². The van der Waals surface area contributed by atoms with Gasteiger partial charge >= 0.3 is 0 Å². The van der Waals surface area contributed by atoms with E-state index in [4.69, 9.17) is 15.7 Å². The molecule has 42 heavy (non-hydrogen) atoms. The molecule has 1 amide bonds. The number of carbonyl (C=O) groups is 1. The number of H-pyrrole nitrogens is 1. The number of aryl methyl sites for hydroxylation is 2. The van der Waals surface area contributed by atoms with Crippen molar-refractivity contribution < 1.29 is 4.79 Å². The highest BCUT2D eigenvalue weighted by molar-refractivity contribution is 5.96. The number of hydrogen-bond donors (Lipinski definition) is 2. The molecule has 0 bridgehead atoms. The molecule has 2 aliphatic rings. The van der Waals surface area contributed by atoms with Crippen LogP contribution < -0.4 is 15.5 Å². The Morgan fingerprint density at radius 3 is 2.64 bits per heavy atom. The van der Waals surface area contributed by atoms with Gasteiger partial charge in [-0.15, -0.1) is 0 Å². The summed E-state index contributed by atoms with van der Waals surface area (Å²) in [7, 11) is 0. The van der Waals surface area contributed by atoms with Gasteiger partial charge in [0, 0.05) is 78.6 Å². The normalized spacial score (nSPS) is 19.5. The van der Waals surface area contributed by atoms with Gasteiger partial charge in [-0.25, -0.2) is 9.97 Å². The zero-order chi connectivity index (χ0) is 29.7. The van der Waals surface area contributed by atoms with Crippen LogP contribution in [0.5, 0.6) is 0 Å². The van der Waals surface area contributed by atoms with Gasteiger partial charge in [0.1, 0.15) is 5.82 Å². The van der Waals surface area contributed by atoms with Crippen LogP contribution in [0.4, 0.5) is 11.5 Å². The van der Waals surface area contributed by atoms with Gasteiger partial charge in [0.05, 0.1) is 12.2 Å². The molecule has 0 spiro atoms. The number of nitrogens with two attached hydrogens (primary N) is 1. The van der Waals surface area contributed by atoms with Crippen LogP contribution in [0.25, 0.3) is 22.3 Å². The van der Waals surface area contributed by atoms with Crippen LogP contribution >= 0.6 is 0 Å². The minimum absolute atomic E-state index is 0.165. The first-order valence-corrected chi connectivity index (χ1v) is 15.2. The maximum absolute atomic E-state index is 11.8. The molecule has 8 nitrogen and oxygen atoms in total. The highest BCUT2D eigenvalue weighted by atomic mass is 16.1. The number of amides is 1. The summed E-state index contributed by atoms with van der Waals surface area (Å²) < 4.78 is 0. The number of carbonyl (C=O) groups excluding carboxylic acids is 1. The molecule has 2 aliphatic heterocycles. The summed E-state index contributed by atoms with van der Waals surface area (Å²) in [4.78, 5) is 32.9. The van der Waals surface area contributed by atoms with Crippen LogP contribution in [0.2, 0.25) is 0 Å². The van der Waals surface area contributed by atoms with Crippen molar-refractivity contribution in [2.24, 2.45) is 5.73 Å². The Labute approximate surface area is 248 Å². The maximum atomic E-state index is 11.8. The van der Waals surface area contributed by atoms with Crippen LogP contribution in [-0.2, 0) is 17.8 Å². The Hall–Kier alpha value is -3.91. The first-order chi connectivity index (χ1) is 20.1. The van der Waals surface area contributed by atoms with Crippen LogP contribution in [0.1, 0.15) is 61.6 Å². The first-order valence-electron chi connectivity index (χ1n) is 15.2. The fourth-order valence-corrected chi connectivity index (χ4v) is 6.74. The number of primary amides is 1. The van der Waals surface area contributed by atoms with Gasteiger partial charge in [0.2, 0.25) is 5.91 Å². The molecule has 0 aliphatic carbocycles. The second kappa shape index (κ2) is 11.1. The zero-order valence-corrected chi connectivity index (χ0v) is 25.7. The van der Waals surface area contributed by atoms with E-state index in [1.165, 1.54) is 33.3 Å². The standard InChI is InChI=1S/C34H43N7O/c1-20(2)25-11-10-21(3)30(14-25)39-13-12-28-27(18-39)34(41-17-23(5)40(16-24(41)6)19-31(35)42)38-33(37-28)26-8-7-9-29-32(26)22(4)15-36-29/h7-11,14-15,20,23-24,36H,12-13,16-19H2,1-6H3,(H2,35,42)/t23-,24+/m1/s1. The Balaban J connectivity index is 1.46. The zero-order valence-electron chi connectivity index (χ0n) is 25.7. The lowest BCUT2D eigenvalue weighted by atomic mass is 9.97. The SMILES string of the molecule is Cc1ccc(C(C)C)cc1N1CCc2nc(-c3cccc4[nH]cc(C)c34)nc(N3C[C@@H](C)N(CC(N)=O)C[C@@H]3C)c2C1. The summed E-state index contributed by atoms with van der Waals surface area (Å²) in [6.07, 6.45) is 2.91. The molecule has 0 radical (unpaired) electrons. The molecule has 220 valence electrons. The van der Waals surface area contributed by atoms with Crippen LogP contribution in [0.3, 0.4) is 0 Å². The molecule has 1 saturated heterocycles. The molecule has 2 aromatic carbocycles. The minimum Gasteiger partial charge on any atom is -0.369 e. The Bertz CT molecular complexity index is 1640. The van der Waals surface area contributed by atoms with Gasteiger partial charge in [0.25, 0.3) is 0 Å². The molecular formula is C34H43N7O. The highest BCUT2D eigenvalue weighted by Gasteiger charge is 2.34. The second-order valence-electron chi connectivity index (χ2n) is 12.6. The largest absolute Gasteiger partial charge is 0.369 e. The molecular weight excluding hydrogens is 522 g/mol. The predicted octanol–water partition coefficient (Wildman–Crippen LogP) is 5.31. The molecule has 8 heteroatoms. The number of nitrogens with one attached hydrogen (secondary N) is 1. The number of anilines is 2. The second-order valence-corrected chi connectivity index (χ2v) is 12.6. The van der Waals surface area contributed by atoms with E-state index in [-0.39, 0.29) is 24.5 Å². The number of aromatic amines is 1. The summed E-state index contributed by atoms with van der Waals surface area (Å²) in [6.45, 7) is 16.7. The van der Waals surface area contributed by atoms with E-state index >= 15 is 0 Å². The number of rotatable bonds is 6. The first kappa shape index (κ1) is 28.2. The third-order valence-corrected chi connectivity index (χ3v) is 9.17. The van der Waals surface area contributed by atoms with Crippen molar-refractivity contribution in [2.75, 3.05) is 36.0 Å². The monoisotopic (exact) mass is 565 g/mol. The summed E-state index contributed by atoms with van der Waals surface area (Å²) in [6, 6.07) is 13.5. The van der Waals surface area contributed by atoms with Gasteiger partial charge in [-0.1, -0.05) is 38.1 Å². The molecule has 1 fully saturated rings. The van der Waals surface area contributed by atoms with Crippen LogP contribution in [0, 0.1) is 13.8 Å². The predicted molar refractivity (Wildman–Crippen MR) is 171 cm³/mol. The lowest BCUT2D eigenvalue weighted by molar-refractivity contribution is -0.119. The summed E-state index contributed by atoms with van der Waals surface area (Å²) in [5.41, 5.74) is 15.2. The van der Waals surface area contributed by atoms with E-state index in [2.05, 4.69) is 104 Å². The Morgan fingerprint density at radius 2 is 1.88 bits per heavy atom. The summed E-state index contributed by atoms with van der Waals surface area (Å²) >= 11 is 0. The number of aromatic nitrogens is 3. The lowest BCUT2D eigenvalue weighted by Crippen LogP contribution is -2.58. The van der Waals surface area contributed by atoms with Crippen LogP contribution in [-0.4, -0.2) is 64.0 Å². The number of fused-ring (bicyclic) bond motifs is 2. The number of benzene rings is 2. The van der Waals surface area contributed by atoms with Crippen molar-refractivity contribution in [3.05, 3.63) is 70.5 Å². The third kappa shape index (κ3) is 5.13. The maximum Gasteiger partial charge on any atom is 0.231 e. The summed E-state index contributed by atoms with van der Waals surface area (Å²) in [5, 5.41) is 1.18. The van der Waals surface area contributed by atoms with Crippen LogP contribution in [0.15, 0.2) is 42.6 Å². The molecule has 3 N–H and O–H groups in total. The van der Waals surface area contributed by atoms with E-state index in [1.54, 1.807) is 0 Å². The average Bonchev–Trinajstić information content (AvgIpc) is 3.34. The van der Waals surface area contributed by atoms with Crippen molar-refractivity contribution in [1.29, 1.82) is 0 Å². The van der Waals surface area contributed by atoms with Crippen molar-refractivity contribution in [1.82, 2.24) is 19.9 Å².